The van der Waals surface area contributed by atoms with Crippen LogP contribution in [0.15, 0.2) is 60.9 Å². The average Bonchev–Trinajstić information content (AvgIpc) is 2.74. The van der Waals surface area contributed by atoms with Crippen LogP contribution < -0.4 is 15.2 Å². The Bertz CT molecular complexity index is 1230. The Morgan fingerprint density at radius 2 is 2.00 bits per heavy atom. The minimum absolute atomic E-state index is 0.0343. The van der Waals surface area contributed by atoms with E-state index < -0.39 is 11.7 Å². The van der Waals surface area contributed by atoms with Crippen LogP contribution in [-0.4, -0.2) is 27.5 Å². The molecule has 0 saturated carbocycles. The number of nitrogens with zero attached hydrogens (tertiary/aromatic N) is 3. The molecule has 0 radical (unpaired) electrons. The molecule has 0 aliphatic carbocycles. The Morgan fingerprint density at radius 3 is 2.73 bits per heavy atom. The number of hydrogen-bond acceptors (Lipinski definition) is 6. The predicted molar refractivity (Wildman–Crippen MR) is 109 cm³/mol. The lowest BCUT2D eigenvalue weighted by Crippen LogP contribution is -2.12. The van der Waals surface area contributed by atoms with Gasteiger partial charge < -0.3 is 15.2 Å². The van der Waals surface area contributed by atoms with Gasteiger partial charge in [-0.25, -0.2) is 9.37 Å². The molecule has 150 valence electrons. The number of carbonyl (C=O) groups is 1. The van der Waals surface area contributed by atoms with Crippen LogP contribution in [0, 0.1) is 5.82 Å². The number of amides is 1. The molecular formula is C22H17FN4O3. The molecule has 2 aromatic carbocycles. The number of pyridine rings is 1. The van der Waals surface area contributed by atoms with Gasteiger partial charge in [-0.15, -0.1) is 0 Å². The van der Waals surface area contributed by atoms with Crippen molar-refractivity contribution in [1.29, 1.82) is 0 Å². The third-order valence-electron chi connectivity index (χ3n) is 4.28. The van der Waals surface area contributed by atoms with Crippen molar-refractivity contribution in [2.45, 2.75) is 6.92 Å². The first kappa shape index (κ1) is 19.3. The van der Waals surface area contributed by atoms with E-state index in [1.54, 1.807) is 36.7 Å². The molecule has 2 N–H and O–H groups in total. The van der Waals surface area contributed by atoms with Crippen LogP contribution >= 0.6 is 0 Å². The van der Waals surface area contributed by atoms with Gasteiger partial charge in [0, 0.05) is 24.0 Å². The number of aromatic nitrogens is 3. The highest BCUT2D eigenvalue weighted by Crippen LogP contribution is 2.34. The number of rotatable bonds is 6. The summed E-state index contributed by atoms with van der Waals surface area (Å²) in [5, 5.41) is 0.535. The summed E-state index contributed by atoms with van der Waals surface area (Å²) in [5.74, 6) is -0.259. The summed E-state index contributed by atoms with van der Waals surface area (Å²) in [6.07, 6.45) is 3.26. The first-order chi connectivity index (χ1) is 14.5. The number of benzene rings is 2. The van der Waals surface area contributed by atoms with E-state index >= 15 is 0 Å². The van der Waals surface area contributed by atoms with E-state index in [1.165, 1.54) is 6.07 Å². The van der Waals surface area contributed by atoms with Crippen molar-refractivity contribution >= 4 is 16.8 Å². The van der Waals surface area contributed by atoms with Gasteiger partial charge in [0.2, 0.25) is 5.88 Å². The molecule has 8 heteroatoms. The first-order valence-corrected chi connectivity index (χ1v) is 9.17. The first-order valence-electron chi connectivity index (χ1n) is 9.17. The molecule has 0 aliphatic heterocycles. The number of primary amides is 1. The molecule has 0 saturated heterocycles. The zero-order chi connectivity index (χ0) is 21.1. The van der Waals surface area contributed by atoms with E-state index in [0.717, 1.165) is 12.1 Å². The Labute approximate surface area is 171 Å². The third-order valence-corrected chi connectivity index (χ3v) is 4.28. The number of fused-ring (bicyclic) bond motifs is 1. The Hall–Kier alpha value is -4.07. The molecule has 4 rings (SSSR count). The Balaban J connectivity index is 1.91. The van der Waals surface area contributed by atoms with Gasteiger partial charge in [-0.3, -0.25) is 9.78 Å². The van der Waals surface area contributed by atoms with Gasteiger partial charge in [-0.1, -0.05) is 0 Å². The van der Waals surface area contributed by atoms with Crippen LogP contribution in [0.4, 0.5) is 4.39 Å². The van der Waals surface area contributed by atoms with Crippen LogP contribution in [0.3, 0.4) is 0 Å². The van der Waals surface area contributed by atoms with Crippen LogP contribution in [0.5, 0.6) is 17.4 Å². The lowest BCUT2D eigenvalue weighted by molar-refractivity contribution is 0.0998. The molecule has 1 amide bonds. The van der Waals surface area contributed by atoms with E-state index in [0.29, 0.717) is 34.6 Å². The maximum atomic E-state index is 13.8. The Kier molecular flexibility index (Phi) is 5.21. The molecular weight excluding hydrogens is 387 g/mol. The quantitative estimate of drug-likeness (QED) is 0.519. The SMILES string of the molecule is CCOc1ccc2nc(-c3cccnc3)nc(Oc3cc(F)ccc3C(N)=O)c2c1. The zero-order valence-electron chi connectivity index (χ0n) is 16.0. The minimum atomic E-state index is -0.745. The van der Waals surface area contributed by atoms with E-state index in [9.17, 15) is 9.18 Å². The number of halogens is 1. The van der Waals surface area contributed by atoms with Crippen LogP contribution in [0.2, 0.25) is 0 Å². The maximum Gasteiger partial charge on any atom is 0.252 e. The summed E-state index contributed by atoms with van der Waals surface area (Å²) in [6, 6.07) is 12.4. The summed E-state index contributed by atoms with van der Waals surface area (Å²) >= 11 is 0. The van der Waals surface area contributed by atoms with Gasteiger partial charge >= 0.3 is 0 Å². The van der Waals surface area contributed by atoms with Crippen LogP contribution in [0.1, 0.15) is 17.3 Å². The summed E-state index contributed by atoms with van der Waals surface area (Å²) in [4.78, 5) is 24.9. The fourth-order valence-corrected chi connectivity index (χ4v) is 2.93. The van der Waals surface area contributed by atoms with Crippen LogP contribution in [-0.2, 0) is 0 Å². The molecule has 2 heterocycles. The van der Waals surface area contributed by atoms with Crippen molar-refractivity contribution in [3.8, 4) is 28.8 Å². The normalized spacial score (nSPS) is 10.7. The highest BCUT2D eigenvalue weighted by Gasteiger charge is 2.17. The van der Waals surface area contributed by atoms with Crippen molar-refractivity contribution in [2.75, 3.05) is 6.61 Å². The van der Waals surface area contributed by atoms with Gasteiger partial charge in [0.25, 0.3) is 5.91 Å². The maximum absolute atomic E-state index is 13.8. The summed E-state index contributed by atoms with van der Waals surface area (Å²) < 4.78 is 25.3. The fraction of sp³-hybridized carbons (Fsp3) is 0.0909. The zero-order valence-corrected chi connectivity index (χ0v) is 16.0. The van der Waals surface area contributed by atoms with Gasteiger partial charge in [0.05, 0.1) is 23.1 Å². The van der Waals surface area contributed by atoms with Crippen molar-refractivity contribution in [1.82, 2.24) is 15.0 Å². The summed E-state index contributed by atoms with van der Waals surface area (Å²) in [5.41, 5.74) is 6.70. The average molecular weight is 404 g/mol. The molecule has 7 nitrogen and oxygen atoms in total. The Morgan fingerprint density at radius 1 is 1.13 bits per heavy atom. The molecule has 4 aromatic rings. The van der Waals surface area contributed by atoms with E-state index in [2.05, 4.69) is 15.0 Å². The van der Waals surface area contributed by atoms with Crippen molar-refractivity contribution < 1.29 is 18.7 Å². The number of hydrogen-bond donors (Lipinski definition) is 1. The van der Waals surface area contributed by atoms with Crippen LogP contribution in [0.25, 0.3) is 22.3 Å². The lowest BCUT2D eigenvalue weighted by Gasteiger charge is -2.13. The molecule has 2 aromatic heterocycles. The van der Waals surface area contributed by atoms with Crippen molar-refractivity contribution in [3.05, 3.63) is 72.3 Å². The smallest absolute Gasteiger partial charge is 0.252 e. The summed E-state index contributed by atoms with van der Waals surface area (Å²) in [7, 11) is 0. The van der Waals surface area contributed by atoms with Crippen molar-refractivity contribution in [3.63, 3.8) is 0 Å². The second-order valence-corrected chi connectivity index (χ2v) is 6.31. The molecule has 0 fully saturated rings. The van der Waals surface area contributed by atoms with E-state index in [-0.39, 0.29) is 17.2 Å². The standard InChI is InChI=1S/C22H17FN4O3/c1-2-29-15-6-8-18-17(11-15)22(27-21(26-18)13-4-3-9-25-12-13)30-19-10-14(23)5-7-16(19)20(24)28/h3-12H,2H2,1H3,(H2,24,28). The van der Waals surface area contributed by atoms with Gasteiger partial charge in [-0.2, -0.15) is 4.98 Å². The molecule has 30 heavy (non-hydrogen) atoms. The number of nitrogens with two attached hydrogens (primary N) is 1. The van der Waals surface area contributed by atoms with E-state index in [1.807, 2.05) is 13.0 Å². The minimum Gasteiger partial charge on any atom is -0.494 e. The molecule has 0 atom stereocenters. The molecule has 0 bridgehead atoms. The van der Waals surface area contributed by atoms with Gasteiger partial charge in [0.15, 0.2) is 5.82 Å². The highest BCUT2D eigenvalue weighted by molar-refractivity contribution is 5.96. The molecule has 0 spiro atoms. The second kappa shape index (κ2) is 8.12. The molecule has 0 aliphatic rings. The van der Waals surface area contributed by atoms with Crippen molar-refractivity contribution in [2.24, 2.45) is 5.73 Å². The predicted octanol–water partition coefficient (Wildman–Crippen LogP) is 4.12. The van der Waals surface area contributed by atoms with Gasteiger partial charge in [-0.05, 0) is 49.4 Å². The number of ether oxygens (including phenoxy) is 2. The molecule has 0 unspecified atom stereocenters. The number of carbonyl (C=O) groups excluding carboxylic acids is 1. The summed E-state index contributed by atoms with van der Waals surface area (Å²) in [6.45, 7) is 2.35. The van der Waals surface area contributed by atoms with Gasteiger partial charge in [0.1, 0.15) is 17.3 Å². The third kappa shape index (κ3) is 3.88. The fourth-order valence-electron chi connectivity index (χ4n) is 2.93. The van der Waals surface area contributed by atoms with E-state index in [4.69, 9.17) is 15.2 Å². The lowest BCUT2D eigenvalue weighted by atomic mass is 10.2. The topological polar surface area (TPSA) is 100 Å². The highest BCUT2D eigenvalue weighted by atomic mass is 19.1. The largest absolute Gasteiger partial charge is 0.494 e. The monoisotopic (exact) mass is 404 g/mol. The second-order valence-electron chi connectivity index (χ2n) is 6.31.